The Kier molecular flexibility index (Phi) is 5.32. The number of carbonyl (C=O) groups is 1. The van der Waals surface area contributed by atoms with Crippen LogP contribution in [0.4, 0.5) is 4.79 Å². The lowest BCUT2D eigenvalue weighted by molar-refractivity contribution is 0.164. The molecule has 1 aliphatic carbocycles. The van der Waals surface area contributed by atoms with Gasteiger partial charge in [0.2, 0.25) is 0 Å². The molecule has 0 aromatic heterocycles. The van der Waals surface area contributed by atoms with Crippen LogP contribution in [0.5, 0.6) is 0 Å². The second kappa shape index (κ2) is 6.28. The number of nitrogens with zero attached hydrogens (tertiary/aromatic N) is 1. The van der Waals surface area contributed by atoms with Gasteiger partial charge in [0.1, 0.15) is 0 Å². The molecule has 4 heteroatoms. The van der Waals surface area contributed by atoms with Crippen molar-refractivity contribution >= 4 is 22.0 Å². The van der Waals surface area contributed by atoms with E-state index in [2.05, 4.69) is 34.7 Å². The zero-order chi connectivity index (χ0) is 12.1. The summed E-state index contributed by atoms with van der Waals surface area (Å²) in [7, 11) is 1.88. The Morgan fingerprint density at radius 3 is 2.50 bits per heavy atom. The SMILES string of the molecule is C=C(Br)CNC(=O)N(C)C1CCC(C)CC1. The van der Waals surface area contributed by atoms with Crippen molar-refractivity contribution in [1.29, 1.82) is 0 Å². The number of rotatable bonds is 3. The van der Waals surface area contributed by atoms with Crippen LogP contribution in [0.15, 0.2) is 11.1 Å². The number of carbonyl (C=O) groups excluding carboxylic acids is 1. The fourth-order valence-electron chi connectivity index (χ4n) is 2.09. The summed E-state index contributed by atoms with van der Waals surface area (Å²) < 4.78 is 0.798. The van der Waals surface area contributed by atoms with E-state index in [1.165, 1.54) is 12.8 Å². The minimum Gasteiger partial charge on any atom is -0.333 e. The van der Waals surface area contributed by atoms with E-state index in [0.717, 1.165) is 23.2 Å². The van der Waals surface area contributed by atoms with Crippen LogP contribution in [0.25, 0.3) is 0 Å². The van der Waals surface area contributed by atoms with Gasteiger partial charge in [0.05, 0.1) is 6.54 Å². The largest absolute Gasteiger partial charge is 0.333 e. The van der Waals surface area contributed by atoms with Gasteiger partial charge in [-0.3, -0.25) is 0 Å². The number of amides is 2. The summed E-state index contributed by atoms with van der Waals surface area (Å²) in [5.74, 6) is 0.815. The van der Waals surface area contributed by atoms with Gasteiger partial charge in [-0.2, -0.15) is 0 Å². The molecule has 0 saturated heterocycles. The van der Waals surface area contributed by atoms with Gasteiger partial charge in [-0.15, -0.1) is 0 Å². The van der Waals surface area contributed by atoms with Crippen molar-refractivity contribution in [1.82, 2.24) is 10.2 Å². The van der Waals surface area contributed by atoms with E-state index in [9.17, 15) is 4.79 Å². The van der Waals surface area contributed by atoms with E-state index in [1.54, 1.807) is 0 Å². The average molecular weight is 289 g/mol. The molecule has 0 atom stereocenters. The van der Waals surface area contributed by atoms with Crippen molar-refractivity contribution in [3.05, 3.63) is 11.1 Å². The standard InChI is InChI=1S/C12H21BrN2O/c1-9-4-6-11(7-5-9)15(3)12(16)14-8-10(2)13/h9,11H,2,4-8H2,1,3H3,(H,14,16). The fourth-order valence-corrected chi connectivity index (χ4v) is 2.23. The summed E-state index contributed by atoms with van der Waals surface area (Å²) >= 11 is 3.23. The van der Waals surface area contributed by atoms with Crippen LogP contribution < -0.4 is 5.32 Å². The second-order valence-corrected chi connectivity index (χ2v) is 5.82. The molecule has 1 fully saturated rings. The lowest BCUT2D eigenvalue weighted by Crippen LogP contribution is -2.45. The first kappa shape index (κ1) is 13.6. The van der Waals surface area contributed by atoms with Crippen LogP contribution in [0, 0.1) is 5.92 Å². The van der Waals surface area contributed by atoms with Gasteiger partial charge in [-0.1, -0.05) is 29.4 Å². The lowest BCUT2D eigenvalue weighted by Gasteiger charge is -2.33. The normalized spacial score (nSPS) is 24.9. The second-order valence-electron chi connectivity index (χ2n) is 4.70. The summed E-state index contributed by atoms with van der Waals surface area (Å²) in [6.07, 6.45) is 4.71. The Morgan fingerprint density at radius 1 is 1.44 bits per heavy atom. The van der Waals surface area contributed by atoms with E-state index >= 15 is 0 Å². The molecule has 0 radical (unpaired) electrons. The number of hydrogen-bond donors (Lipinski definition) is 1. The monoisotopic (exact) mass is 288 g/mol. The molecule has 1 saturated carbocycles. The maximum Gasteiger partial charge on any atom is 0.317 e. The summed E-state index contributed by atoms with van der Waals surface area (Å²) in [5.41, 5.74) is 0. The van der Waals surface area contributed by atoms with Crippen molar-refractivity contribution in [2.75, 3.05) is 13.6 Å². The fraction of sp³-hybridized carbons (Fsp3) is 0.750. The van der Waals surface area contributed by atoms with E-state index in [0.29, 0.717) is 12.6 Å². The molecular weight excluding hydrogens is 268 g/mol. The van der Waals surface area contributed by atoms with Crippen molar-refractivity contribution in [3.63, 3.8) is 0 Å². The molecule has 0 aromatic carbocycles. The molecule has 1 N–H and O–H groups in total. The van der Waals surface area contributed by atoms with Gasteiger partial charge < -0.3 is 10.2 Å². The number of hydrogen-bond acceptors (Lipinski definition) is 1. The predicted molar refractivity (Wildman–Crippen MR) is 70.6 cm³/mol. The van der Waals surface area contributed by atoms with E-state index < -0.39 is 0 Å². The van der Waals surface area contributed by atoms with Gasteiger partial charge in [0.15, 0.2) is 0 Å². The van der Waals surface area contributed by atoms with Crippen LogP contribution >= 0.6 is 15.9 Å². The summed E-state index contributed by atoms with van der Waals surface area (Å²) in [6.45, 7) is 6.47. The minimum atomic E-state index is 0.000142. The van der Waals surface area contributed by atoms with Gasteiger partial charge in [0.25, 0.3) is 0 Å². The maximum atomic E-state index is 11.8. The summed E-state index contributed by atoms with van der Waals surface area (Å²) in [5, 5.41) is 2.83. The first-order valence-electron chi connectivity index (χ1n) is 5.84. The van der Waals surface area contributed by atoms with Crippen molar-refractivity contribution in [3.8, 4) is 0 Å². The molecule has 0 heterocycles. The third-order valence-electron chi connectivity index (χ3n) is 3.28. The van der Waals surface area contributed by atoms with Crippen LogP contribution in [0.2, 0.25) is 0 Å². The highest BCUT2D eigenvalue weighted by Crippen LogP contribution is 2.26. The molecule has 0 aromatic rings. The molecule has 0 aliphatic heterocycles. The molecule has 92 valence electrons. The van der Waals surface area contributed by atoms with Crippen LogP contribution in [-0.4, -0.2) is 30.6 Å². The quantitative estimate of drug-likeness (QED) is 0.850. The number of urea groups is 1. The molecule has 0 spiro atoms. The zero-order valence-electron chi connectivity index (χ0n) is 10.1. The maximum absolute atomic E-state index is 11.8. The highest BCUT2D eigenvalue weighted by atomic mass is 79.9. The highest BCUT2D eigenvalue weighted by Gasteiger charge is 2.24. The Hall–Kier alpha value is -0.510. The van der Waals surface area contributed by atoms with Gasteiger partial charge in [-0.05, 0) is 31.6 Å². The zero-order valence-corrected chi connectivity index (χ0v) is 11.7. The lowest BCUT2D eigenvalue weighted by atomic mass is 9.87. The highest BCUT2D eigenvalue weighted by molar-refractivity contribution is 9.11. The van der Waals surface area contributed by atoms with E-state index in [-0.39, 0.29) is 6.03 Å². The van der Waals surface area contributed by atoms with E-state index in [4.69, 9.17) is 0 Å². The Balaban J connectivity index is 2.35. The van der Waals surface area contributed by atoms with Gasteiger partial charge in [-0.25, -0.2) is 4.79 Å². The van der Waals surface area contributed by atoms with E-state index in [1.807, 2.05) is 11.9 Å². The third-order valence-corrected chi connectivity index (χ3v) is 3.57. The molecule has 3 nitrogen and oxygen atoms in total. The minimum absolute atomic E-state index is 0.000142. The van der Waals surface area contributed by atoms with Crippen molar-refractivity contribution in [2.24, 2.45) is 5.92 Å². The molecule has 16 heavy (non-hydrogen) atoms. The number of halogens is 1. The molecule has 1 rings (SSSR count). The molecule has 2 amide bonds. The summed E-state index contributed by atoms with van der Waals surface area (Å²) in [4.78, 5) is 13.6. The topological polar surface area (TPSA) is 32.3 Å². The number of nitrogens with one attached hydrogen (secondary N) is 1. The first-order chi connectivity index (χ1) is 7.50. The van der Waals surface area contributed by atoms with Crippen molar-refractivity contribution in [2.45, 2.75) is 38.6 Å². The molecule has 1 aliphatic rings. The van der Waals surface area contributed by atoms with Gasteiger partial charge >= 0.3 is 6.03 Å². The van der Waals surface area contributed by atoms with Crippen LogP contribution in [0.1, 0.15) is 32.6 Å². The smallest absolute Gasteiger partial charge is 0.317 e. The van der Waals surface area contributed by atoms with Crippen LogP contribution in [-0.2, 0) is 0 Å². The third kappa shape index (κ3) is 4.16. The van der Waals surface area contributed by atoms with Crippen LogP contribution in [0.3, 0.4) is 0 Å². The molecule has 0 unspecified atom stereocenters. The van der Waals surface area contributed by atoms with Gasteiger partial charge in [0, 0.05) is 17.6 Å². The Labute approximate surface area is 106 Å². The Morgan fingerprint density at radius 2 is 2.00 bits per heavy atom. The average Bonchev–Trinajstić information content (AvgIpc) is 2.26. The Bertz CT molecular complexity index is 260. The molecule has 0 bridgehead atoms. The predicted octanol–water partition coefficient (Wildman–Crippen LogP) is 3.12. The summed E-state index contributed by atoms with van der Waals surface area (Å²) in [6, 6.07) is 0.403. The molecular formula is C12H21BrN2O. The first-order valence-corrected chi connectivity index (χ1v) is 6.64. The van der Waals surface area contributed by atoms with Crippen molar-refractivity contribution < 1.29 is 4.79 Å².